The third kappa shape index (κ3) is 3.52. The zero-order chi connectivity index (χ0) is 18.2. The summed E-state index contributed by atoms with van der Waals surface area (Å²) in [5, 5.41) is 2.73. The van der Waals surface area contributed by atoms with E-state index in [2.05, 4.69) is 5.10 Å². The molecule has 0 saturated heterocycles. The summed E-state index contributed by atoms with van der Waals surface area (Å²) in [4.78, 5) is 25.8. The number of H-pyrrole nitrogens is 1. The molecule has 25 heavy (non-hydrogen) atoms. The molecule has 1 amide bonds. The maximum Gasteiger partial charge on any atom is 0.412 e. The lowest BCUT2D eigenvalue weighted by atomic mass is 10.1. The Morgan fingerprint density at radius 2 is 1.88 bits per heavy atom. The smallest absolute Gasteiger partial charge is 0.333 e. The number of benzene rings is 1. The fourth-order valence-corrected chi connectivity index (χ4v) is 2.67. The quantitative estimate of drug-likeness (QED) is 0.846. The van der Waals surface area contributed by atoms with E-state index in [0.717, 1.165) is 17.7 Å². The van der Waals surface area contributed by atoms with Crippen molar-refractivity contribution in [2.45, 2.75) is 19.5 Å². The highest BCUT2D eigenvalue weighted by Crippen LogP contribution is 2.30. The van der Waals surface area contributed by atoms with Gasteiger partial charge in [0.25, 0.3) is 11.5 Å². The van der Waals surface area contributed by atoms with E-state index in [4.69, 9.17) is 0 Å². The van der Waals surface area contributed by atoms with Gasteiger partial charge in [-0.2, -0.15) is 13.2 Å². The van der Waals surface area contributed by atoms with Crippen molar-refractivity contribution < 1.29 is 18.0 Å². The first-order chi connectivity index (χ1) is 11.8. The molecule has 1 aliphatic heterocycles. The largest absolute Gasteiger partial charge is 0.412 e. The fraction of sp³-hybridized carbons (Fsp3) is 0.294. The minimum atomic E-state index is -4.36. The molecule has 0 bridgehead atoms. The van der Waals surface area contributed by atoms with Gasteiger partial charge in [0, 0.05) is 24.7 Å². The average molecular weight is 351 g/mol. The topological polar surface area (TPSA) is 58.1 Å². The fourth-order valence-electron chi connectivity index (χ4n) is 2.67. The molecule has 0 radical (unpaired) electrons. The van der Waals surface area contributed by atoms with Crippen LogP contribution in [-0.2, 0) is 0 Å². The Morgan fingerprint density at radius 1 is 1.20 bits per heavy atom. The molecule has 1 aromatic heterocycles. The van der Waals surface area contributed by atoms with Gasteiger partial charge in [0.2, 0.25) is 0 Å². The number of hydrogen-bond acceptors (Lipinski definition) is 2. The zero-order valence-electron chi connectivity index (χ0n) is 13.4. The van der Waals surface area contributed by atoms with Gasteiger partial charge in [0.15, 0.2) is 0 Å². The van der Waals surface area contributed by atoms with Crippen molar-refractivity contribution in [1.82, 2.24) is 14.7 Å². The summed E-state index contributed by atoms with van der Waals surface area (Å²) < 4.78 is 39.2. The van der Waals surface area contributed by atoms with Crippen LogP contribution in [0.4, 0.5) is 13.2 Å². The lowest BCUT2D eigenvalue weighted by Crippen LogP contribution is -2.37. The van der Waals surface area contributed by atoms with Gasteiger partial charge in [-0.3, -0.25) is 14.7 Å². The summed E-state index contributed by atoms with van der Waals surface area (Å²) in [5.74, 6) is -0.500. The van der Waals surface area contributed by atoms with Crippen LogP contribution in [-0.4, -0.2) is 39.9 Å². The number of hydrogen-bond donors (Lipinski definition) is 1. The molecule has 0 aliphatic carbocycles. The minimum Gasteiger partial charge on any atom is -0.333 e. The molecule has 5 nitrogen and oxygen atoms in total. The van der Waals surface area contributed by atoms with E-state index in [-0.39, 0.29) is 25.2 Å². The standard InChI is InChI=1S/C17H16F3N3O2/c1-11-2-4-13(5-3-11)23-15(24)10-14(21-23)16(25)22-8-6-12(7-9-22)17(18,19)20/h2-6,10,21H,7-9H2,1H3. The van der Waals surface area contributed by atoms with Crippen LogP contribution in [0.3, 0.4) is 0 Å². The molecule has 1 aromatic carbocycles. The Kier molecular flexibility index (Phi) is 4.28. The highest BCUT2D eigenvalue weighted by molar-refractivity contribution is 5.92. The SMILES string of the molecule is Cc1ccc(-n2[nH]c(C(=O)N3CC=C(C(F)(F)F)CC3)cc2=O)cc1. The number of aromatic amines is 1. The zero-order valence-corrected chi connectivity index (χ0v) is 13.4. The first-order valence-corrected chi connectivity index (χ1v) is 7.70. The first kappa shape index (κ1) is 17.1. The number of carbonyl (C=O) groups excluding carboxylic acids is 1. The van der Waals surface area contributed by atoms with Crippen molar-refractivity contribution in [2.75, 3.05) is 13.1 Å². The van der Waals surface area contributed by atoms with Gasteiger partial charge in [0.05, 0.1) is 5.69 Å². The average Bonchev–Trinajstić information content (AvgIpc) is 2.96. The van der Waals surface area contributed by atoms with Crippen molar-refractivity contribution in [3.8, 4) is 5.69 Å². The van der Waals surface area contributed by atoms with Gasteiger partial charge in [-0.15, -0.1) is 0 Å². The van der Waals surface area contributed by atoms with Crippen LogP contribution >= 0.6 is 0 Å². The van der Waals surface area contributed by atoms with Crippen molar-refractivity contribution in [1.29, 1.82) is 0 Å². The van der Waals surface area contributed by atoms with Gasteiger partial charge in [-0.05, 0) is 25.5 Å². The highest BCUT2D eigenvalue weighted by Gasteiger charge is 2.35. The molecular weight excluding hydrogens is 335 g/mol. The van der Waals surface area contributed by atoms with E-state index >= 15 is 0 Å². The summed E-state index contributed by atoms with van der Waals surface area (Å²) in [6, 6.07) is 8.29. The van der Waals surface area contributed by atoms with E-state index in [1.54, 1.807) is 12.1 Å². The molecule has 0 atom stereocenters. The van der Waals surface area contributed by atoms with Gasteiger partial charge >= 0.3 is 6.18 Å². The molecule has 0 fully saturated rings. The Labute approximate surface area is 141 Å². The molecule has 0 spiro atoms. The lowest BCUT2D eigenvalue weighted by molar-refractivity contribution is -0.0957. The molecule has 2 heterocycles. The van der Waals surface area contributed by atoms with E-state index < -0.39 is 23.2 Å². The van der Waals surface area contributed by atoms with E-state index in [9.17, 15) is 22.8 Å². The van der Waals surface area contributed by atoms with Crippen LogP contribution in [0.1, 0.15) is 22.5 Å². The third-order valence-corrected chi connectivity index (χ3v) is 4.10. The number of nitrogens with zero attached hydrogens (tertiary/aromatic N) is 2. The Balaban J connectivity index is 1.80. The number of halogens is 3. The van der Waals surface area contributed by atoms with Crippen LogP contribution in [0.5, 0.6) is 0 Å². The summed E-state index contributed by atoms with van der Waals surface area (Å²) in [6.07, 6.45) is -3.60. The number of carbonyl (C=O) groups is 1. The predicted molar refractivity (Wildman–Crippen MR) is 85.8 cm³/mol. The molecule has 3 rings (SSSR count). The maximum absolute atomic E-state index is 12.6. The molecule has 0 unspecified atom stereocenters. The number of aryl methyl sites for hydroxylation is 1. The molecule has 1 aliphatic rings. The molecule has 132 valence electrons. The molecule has 2 aromatic rings. The Hall–Kier alpha value is -2.77. The number of alkyl halides is 3. The number of aromatic nitrogens is 2. The van der Waals surface area contributed by atoms with E-state index in [1.165, 1.54) is 9.58 Å². The van der Waals surface area contributed by atoms with Gasteiger partial charge in [0.1, 0.15) is 5.69 Å². The highest BCUT2D eigenvalue weighted by atomic mass is 19.4. The van der Waals surface area contributed by atoms with Crippen molar-refractivity contribution in [2.24, 2.45) is 0 Å². The van der Waals surface area contributed by atoms with Crippen molar-refractivity contribution in [3.05, 3.63) is 63.6 Å². The molecule has 0 saturated carbocycles. The van der Waals surface area contributed by atoms with Gasteiger partial charge in [-0.1, -0.05) is 23.8 Å². The van der Waals surface area contributed by atoms with Gasteiger partial charge < -0.3 is 4.90 Å². The summed E-state index contributed by atoms with van der Waals surface area (Å²) >= 11 is 0. The molecule has 8 heteroatoms. The number of rotatable bonds is 2. The maximum atomic E-state index is 12.6. The summed E-state index contributed by atoms with van der Waals surface area (Å²) in [5.41, 5.74) is 0.625. The van der Waals surface area contributed by atoms with E-state index in [0.29, 0.717) is 5.69 Å². The van der Waals surface area contributed by atoms with Crippen LogP contribution < -0.4 is 5.56 Å². The Morgan fingerprint density at radius 3 is 2.44 bits per heavy atom. The normalized spacial score (nSPS) is 15.2. The second kappa shape index (κ2) is 6.27. The second-order valence-corrected chi connectivity index (χ2v) is 5.91. The predicted octanol–water partition coefficient (Wildman–Crippen LogP) is 2.81. The number of amides is 1. The molecule has 1 N–H and O–H groups in total. The van der Waals surface area contributed by atoms with Crippen LogP contribution in [0, 0.1) is 6.92 Å². The van der Waals surface area contributed by atoms with Crippen molar-refractivity contribution in [3.63, 3.8) is 0 Å². The first-order valence-electron chi connectivity index (χ1n) is 7.70. The number of nitrogens with one attached hydrogen (secondary N) is 1. The summed E-state index contributed by atoms with van der Waals surface area (Å²) in [7, 11) is 0. The van der Waals surface area contributed by atoms with Crippen LogP contribution in [0.15, 0.2) is 46.8 Å². The second-order valence-electron chi connectivity index (χ2n) is 5.91. The monoisotopic (exact) mass is 351 g/mol. The Bertz CT molecular complexity index is 876. The van der Waals surface area contributed by atoms with Crippen LogP contribution in [0.25, 0.3) is 5.69 Å². The van der Waals surface area contributed by atoms with Gasteiger partial charge in [-0.25, -0.2) is 4.68 Å². The minimum absolute atomic E-state index is 0.0398. The third-order valence-electron chi connectivity index (χ3n) is 4.10. The summed E-state index contributed by atoms with van der Waals surface area (Å²) in [6.45, 7) is 1.74. The van der Waals surface area contributed by atoms with E-state index in [1.807, 2.05) is 19.1 Å². The lowest BCUT2D eigenvalue weighted by Gasteiger charge is -2.26. The van der Waals surface area contributed by atoms with Crippen LogP contribution in [0.2, 0.25) is 0 Å². The molecular formula is C17H16F3N3O2. The van der Waals surface area contributed by atoms with Crippen molar-refractivity contribution >= 4 is 5.91 Å².